The highest BCUT2D eigenvalue weighted by molar-refractivity contribution is 7.80. The number of aliphatic hydroxyl groups is 3. The zero-order valence-electron chi connectivity index (χ0n) is 10.0. The average Bonchev–Trinajstić information content (AvgIpc) is 2.30. The van der Waals surface area contributed by atoms with E-state index in [9.17, 15) is 15.3 Å². The molecule has 0 heterocycles. The molecule has 0 bridgehead atoms. The lowest BCUT2D eigenvalue weighted by Crippen LogP contribution is -2.43. The largest absolute Gasteiger partial charge is 0.391 e. The molecule has 0 rings (SSSR count). The summed E-state index contributed by atoms with van der Waals surface area (Å²) in [5.74, 6) is 0. The molecule has 0 radical (unpaired) electrons. The van der Waals surface area contributed by atoms with E-state index in [0.29, 0.717) is 0 Å². The van der Waals surface area contributed by atoms with Gasteiger partial charge in [0.05, 0.1) is 12.3 Å². The molecule has 0 amide bonds. The van der Waals surface area contributed by atoms with Gasteiger partial charge >= 0.3 is 0 Å². The van der Waals surface area contributed by atoms with Crippen LogP contribution in [-0.4, -0.2) is 55.8 Å². The van der Waals surface area contributed by atoms with Crippen molar-refractivity contribution in [2.45, 2.75) is 25.2 Å². The van der Waals surface area contributed by atoms with E-state index in [-0.39, 0.29) is 15.9 Å². The molecule has 0 aliphatic heterocycles. The van der Waals surface area contributed by atoms with Crippen LogP contribution in [0.15, 0.2) is 10.2 Å². The maximum atomic E-state index is 9.78. The highest BCUT2D eigenvalue weighted by atomic mass is 32.1. The van der Waals surface area contributed by atoms with E-state index in [2.05, 4.69) is 45.5 Å². The Balaban J connectivity index is 4.94. The van der Waals surface area contributed by atoms with E-state index in [1.54, 1.807) is 0 Å². The van der Waals surface area contributed by atoms with E-state index in [1.165, 1.54) is 6.92 Å². The van der Waals surface area contributed by atoms with E-state index >= 15 is 0 Å². The molecule has 9 N–H and O–H groups in total. The molecular weight excluding hydrogens is 292 g/mol. The van der Waals surface area contributed by atoms with Gasteiger partial charge in [-0.3, -0.25) is 10.9 Å². The maximum absolute atomic E-state index is 9.78. The Hall–Kier alpha value is -1.40. The van der Waals surface area contributed by atoms with Crippen molar-refractivity contribution in [3.8, 4) is 0 Å². The van der Waals surface area contributed by atoms with Crippen LogP contribution < -0.4 is 22.3 Å². The minimum atomic E-state index is -1.52. The number of thiocarbonyl (C=S) groups is 2. The lowest BCUT2D eigenvalue weighted by Gasteiger charge is -2.19. The van der Waals surface area contributed by atoms with Crippen LogP contribution in [0.1, 0.15) is 6.92 Å². The van der Waals surface area contributed by atoms with Gasteiger partial charge in [0.2, 0.25) is 0 Å². The summed E-state index contributed by atoms with van der Waals surface area (Å²) < 4.78 is 0. The molecule has 0 aliphatic carbocycles. The highest BCUT2D eigenvalue weighted by Gasteiger charge is 2.25. The Kier molecular flexibility index (Phi) is 8.02. The molecule has 0 unspecified atom stereocenters. The average molecular weight is 308 g/mol. The highest BCUT2D eigenvalue weighted by Crippen LogP contribution is 2.01. The summed E-state index contributed by atoms with van der Waals surface area (Å²) in [6.45, 7) is 1.30. The molecule has 3 atom stereocenters. The summed E-state index contributed by atoms with van der Waals surface area (Å²) in [6, 6.07) is 0. The number of hydrazone groups is 2. The van der Waals surface area contributed by atoms with Crippen molar-refractivity contribution < 1.29 is 15.3 Å². The summed E-state index contributed by atoms with van der Waals surface area (Å²) in [5, 5.41) is 35.5. The predicted molar refractivity (Wildman–Crippen MR) is 79.5 cm³/mol. The van der Waals surface area contributed by atoms with Gasteiger partial charge in [0.1, 0.15) is 17.9 Å². The Labute approximate surface area is 120 Å². The molecule has 0 aliphatic rings. The van der Waals surface area contributed by atoms with Gasteiger partial charge in [0, 0.05) is 0 Å². The van der Waals surface area contributed by atoms with Crippen LogP contribution in [0, 0.1) is 0 Å². The fourth-order valence-corrected chi connectivity index (χ4v) is 0.990. The molecule has 11 heteroatoms. The van der Waals surface area contributed by atoms with Crippen molar-refractivity contribution in [3.05, 3.63) is 0 Å². The SMILES string of the molecule is C[C@H](O)[C@H](O)[C@H](O)C(/C=N/NC(N)=S)=N\NC(N)=S. The number of aliphatic hydroxyl groups excluding tert-OH is 3. The van der Waals surface area contributed by atoms with Gasteiger partial charge in [-0.2, -0.15) is 10.2 Å². The summed E-state index contributed by atoms with van der Waals surface area (Å²) in [7, 11) is 0. The van der Waals surface area contributed by atoms with Crippen molar-refractivity contribution in [1.29, 1.82) is 0 Å². The summed E-state index contributed by atoms with van der Waals surface area (Å²) in [5.41, 5.74) is 14.6. The molecule has 9 nitrogen and oxygen atoms in total. The molecule has 19 heavy (non-hydrogen) atoms. The van der Waals surface area contributed by atoms with Crippen LogP contribution >= 0.6 is 24.4 Å². The molecule has 0 aromatic rings. The fraction of sp³-hybridized carbons (Fsp3) is 0.500. The molecular formula is C8H16N6O3S2. The van der Waals surface area contributed by atoms with Crippen molar-refractivity contribution in [3.63, 3.8) is 0 Å². The van der Waals surface area contributed by atoms with Crippen molar-refractivity contribution in [2.24, 2.45) is 21.7 Å². The number of nitrogens with two attached hydrogens (primary N) is 2. The predicted octanol–water partition coefficient (Wildman–Crippen LogP) is -2.90. The van der Waals surface area contributed by atoms with Gasteiger partial charge in [-0.25, -0.2) is 0 Å². The number of nitrogens with zero attached hydrogens (tertiary/aromatic N) is 2. The Bertz CT molecular complexity index is 387. The monoisotopic (exact) mass is 308 g/mol. The van der Waals surface area contributed by atoms with E-state index in [1.807, 2.05) is 0 Å². The zero-order chi connectivity index (χ0) is 15.0. The van der Waals surface area contributed by atoms with Crippen molar-refractivity contribution >= 4 is 46.6 Å². The quantitative estimate of drug-likeness (QED) is 0.155. The molecule has 0 fully saturated rings. The summed E-state index contributed by atoms with van der Waals surface area (Å²) in [6.07, 6.45) is -3.12. The van der Waals surface area contributed by atoms with Crippen molar-refractivity contribution in [2.75, 3.05) is 0 Å². The van der Waals surface area contributed by atoms with Gasteiger partial charge in [0.25, 0.3) is 0 Å². The van der Waals surface area contributed by atoms with Crippen LogP contribution in [0.5, 0.6) is 0 Å². The smallest absolute Gasteiger partial charge is 0.184 e. The summed E-state index contributed by atoms with van der Waals surface area (Å²) in [4.78, 5) is 0. The molecule has 0 aromatic heterocycles. The third-order valence-corrected chi connectivity index (χ3v) is 1.97. The second kappa shape index (κ2) is 8.66. The number of rotatable bonds is 6. The Morgan fingerprint density at radius 3 is 2.11 bits per heavy atom. The second-order valence-electron chi connectivity index (χ2n) is 3.42. The van der Waals surface area contributed by atoms with Gasteiger partial charge in [-0.05, 0) is 31.4 Å². The van der Waals surface area contributed by atoms with Crippen LogP contribution in [0.2, 0.25) is 0 Å². The molecule has 108 valence electrons. The maximum Gasteiger partial charge on any atom is 0.184 e. The molecule has 0 saturated heterocycles. The third-order valence-electron chi connectivity index (χ3n) is 1.79. The standard InChI is InChI=1S/C8H16N6O3S2/c1-3(15)5(16)6(17)4(12-14-8(10)19)2-11-13-7(9)18/h2-3,5-6,15-17H,1H3,(H3,9,13,18)(H3,10,14,19)/b11-2+,12-4-/t3-,5-,6+/m0/s1. The van der Waals surface area contributed by atoms with Gasteiger partial charge < -0.3 is 26.8 Å². The molecule has 0 aromatic carbocycles. The minimum absolute atomic E-state index is 0.0940. The zero-order valence-corrected chi connectivity index (χ0v) is 11.6. The van der Waals surface area contributed by atoms with E-state index in [0.717, 1.165) is 6.21 Å². The Morgan fingerprint density at radius 1 is 1.16 bits per heavy atom. The Morgan fingerprint density at radius 2 is 1.68 bits per heavy atom. The number of hydrogen-bond acceptors (Lipinski definition) is 7. The first-order chi connectivity index (χ1) is 8.75. The molecule has 0 saturated carbocycles. The van der Waals surface area contributed by atoms with Crippen LogP contribution in [0.4, 0.5) is 0 Å². The lowest BCUT2D eigenvalue weighted by molar-refractivity contribution is -0.0250. The van der Waals surface area contributed by atoms with Crippen LogP contribution in [0.25, 0.3) is 0 Å². The first-order valence-electron chi connectivity index (χ1n) is 5.01. The first kappa shape index (κ1) is 17.6. The van der Waals surface area contributed by atoms with Gasteiger partial charge in [-0.1, -0.05) is 0 Å². The van der Waals surface area contributed by atoms with Gasteiger partial charge in [0.15, 0.2) is 10.2 Å². The van der Waals surface area contributed by atoms with E-state index in [4.69, 9.17) is 11.5 Å². The fourth-order valence-electron chi connectivity index (χ4n) is 0.892. The number of hydrogen-bond donors (Lipinski definition) is 7. The van der Waals surface area contributed by atoms with Crippen LogP contribution in [0.3, 0.4) is 0 Å². The number of nitrogens with one attached hydrogen (secondary N) is 2. The van der Waals surface area contributed by atoms with E-state index < -0.39 is 18.3 Å². The van der Waals surface area contributed by atoms with Crippen LogP contribution in [-0.2, 0) is 0 Å². The summed E-state index contributed by atoms with van der Waals surface area (Å²) >= 11 is 9.05. The third kappa shape index (κ3) is 7.58. The first-order valence-corrected chi connectivity index (χ1v) is 5.83. The topological polar surface area (TPSA) is 162 Å². The second-order valence-corrected chi connectivity index (χ2v) is 4.30. The minimum Gasteiger partial charge on any atom is -0.391 e. The molecule has 0 spiro atoms. The van der Waals surface area contributed by atoms with Crippen molar-refractivity contribution in [1.82, 2.24) is 10.9 Å². The van der Waals surface area contributed by atoms with Gasteiger partial charge in [-0.15, -0.1) is 0 Å². The normalized spacial score (nSPS) is 16.7. The lowest BCUT2D eigenvalue weighted by atomic mass is 10.1.